The van der Waals surface area contributed by atoms with Crippen LogP contribution in [0.1, 0.15) is 76.8 Å². The summed E-state index contributed by atoms with van der Waals surface area (Å²) in [5.74, 6) is -6.30. The van der Waals surface area contributed by atoms with Crippen molar-refractivity contribution in [2.24, 2.45) is 0 Å². The molecule has 3 aromatic carbocycles. The van der Waals surface area contributed by atoms with Crippen LogP contribution in [0, 0.1) is 11.6 Å². The van der Waals surface area contributed by atoms with Gasteiger partial charge in [-0.2, -0.15) is 0 Å². The number of unbranched alkanes of at least 4 members (excludes halogenated alkanes) is 6. The van der Waals surface area contributed by atoms with Crippen LogP contribution < -0.4 is 4.74 Å². The van der Waals surface area contributed by atoms with Gasteiger partial charge in [0.2, 0.25) is 0 Å². The Morgan fingerprint density at radius 2 is 1.14 bits per heavy atom. The lowest BCUT2D eigenvalue weighted by Gasteiger charge is -2.07. The average molecular weight is 595 g/mol. The second-order valence-corrected chi connectivity index (χ2v) is 10.1. The number of hydrogen-bond donors (Lipinski definition) is 0. The summed E-state index contributed by atoms with van der Waals surface area (Å²) in [6, 6.07) is 17.0. The Morgan fingerprint density at radius 3 is 1.63 bits per heavy atom. The molecule has 0 fully saturated rings. The lowest BCUT2D eigenvalue weighted by molar-refractivity contribution is 0.0637. The molecule has 0 radical (unpaired) electrons. The number of ether oxygens (including phenoxy) is 2. The quantitative estimate of drug-likeness (QED) is 0.0414. The molecule has 3 rings (SSSR count). The maximum atomic E-state index is 13.3. The van der Waals surface area contributed by atoms with Crippen LogP contribution >= 0.6 is 0 Å². The van der Waals surface area contributed by atoms with Gasteiger partial charge in [-0.3, -0.25) is 0 Å². The minimum atomic E-state index is -1.27. The summed E-state index contributed by atoms with van der Waals surface area (Å²) in [5.41, 5.74) is 2.83. The fourth-order valence-corrected chi connectivity index (χ4v) is 4.29. The Bertz CT molecular complexity index is 1440. The summed E-state index contributed by atoms with van der Waals surface area (Å²) < 4.78 is 62.2. The molecule has 0 atom stereocenters. The first-order chi connectivity index (χ1) is 20.6. The number of allylic oxidation sites excluding steroid dienone is 3. The maximum absolute atomic E-state index is 13.3. The third kappa shape index (κ3) is 11.4. The fourth-order valence-electron chi connectivity index (χ4n) is 4.29. The van der Waals surface area contributed by atoms with Gasteiger partial charge in [0.25, 0.3) is 0 Å². The van der Waals surface area contributed by atoms with Crippen LogP contribution in [0.25, 0.3) is 0 Å². The molecule has 4 nitrogen and oxygen atoms in total. The highest BCUT2D eigenvalue weighted by Crippen LogP contribution is 2.19. The highest BCUT2D eigenvalue weighted by molar-refractivity contribution is 5.91. The molecule has 0 saturated carbocycles. The number of halogens is 4. The molecule has 0 aliphatic heterocycles. The lowest BCUT2D eigenvalue weighted by atomic mass is 10.0. The minimum absolute atomic E-state index is 0.0525. The molecule has 0 aliphatic rings. The average Bonchev–Trinajstić information content (AvgIpc) is 2.98. The van der Waals surface area contributed by atoms with Crippen molar-refractivity contribution in [3.8, 4) is 5.75 Å². The molecule has 0 bridgehead atoms. The Hall–Kier alpha value is -4.46. The Labute approximate surface area is 249 Å². The van der Waals surface area contributed by atoms with Crippen LogP contribution in [0.3, 0.4) is 0 Å². The van der Waals surface area contributed by atoms with Gasteiger partial charge in [0.15, 0.2) is 23.3 Å². The molecule has 0 unspecified atom stereocenters. The van der Waals surface area contributed by atoms with Crippen molar-refractivity contribution < 1.29 is 36.6 Å². The van der Waals surface area contributed by atoms with Gasteiger partial charge < -0.3 is 9.47 Å². The van der Waals surface area contributed by atoms with Gasteiger partial charge >= 0.3 is 11.9 Å². The molecule has 0 aliphatic carbocycles. The molecule has 0 aromatic heterocycles. The Balaban J connectivity index is 1.25. The highest BCUT2D eigenvalue weighted by atomic mass is 19.2. The van der Waals surface area contributed by atoms with Crippen LogP contribution in [-0.4, -0.2) is 11.9 Å². The molecule has 0 heterocycles. The fraction of sp³-hybridized carbons (Fsp3) is 0.257. The van der Waals surface area contributed by atoms with Gasteiger partial charge in [-0.15, -0.1) is 0 Å². The van der Waals surface area contributed by atoms with Gasteiger partial charge in [0.1, 0.15) is 11.5 Å². The molecule has 0 N–H and O–H groups in total. The van der Waals surface area contributed by atoms with Crippen LogP contribution in [0.2, 0.25) is 0 Å². The summed E-state index contributed by atoms with van der Waals surface area (Å²) in [4.78, 5) is 24.4. The summed E-state index contributed by atoms with van der Waals surface area (Å²) in [6.45, 7) is 6.20. The summed E-state index contributed by atoms with van der Waals surface area (Å²) in [5, 5.41) is 0. The number of hydrogen-bond acceptors (Lipinski definition) is 4. The Morgan fingerprint density at radius 1 is 0.651 bits per heavy atom. The zero-order valence-corrected chi connectivity index (χ0v) is 23.9. The van der Waals surface area contributed by atoms with E-state index in [0.29, 0.717) is 11.6 Å². The SMILES string of the molecule is C=C(/C=C(/F)C(=C)F)OC(=O)c1ccc(CCCCCCCCCc2ccc(C(=O)Oc3ccc(F)c(F)c3)cc2)cc1. The van der Waals surface area contributed by atoms with E-state index in [1.54, 1.807) is 24.3 Å². The van der Waals surface area contributed by atoms with E-state index in [1.165, 1.54) is 6.07 Å². The van der Waals surface area contributed by atoms with Gasteiger partial charge in [0, 0.05) is 12.1 Å². The number of benzene rings is 3. The summed E-state index contributed by atoms with van der Waals surface area (Å²) >= 11 is 0. The van der Waals surface area contributed by atoms with Crippen molar-refractivity contribution in [3.63, 3.8) is 0 Å². The van der Waals surface area contributed by atoms with Crippen LogP contribution in [0.15, 0.2) is 103 Å². The summed E-state index contributed by atoms with van der Waals surface area (Å²) in [6.07, 6.45) is 10.2. The number of esters is 2. The van der Waals surface area contributed by atoms with Gasteiger partial charge in [0.05, 0.1) is 11.1 Å². The summed E-state index contributed by atoms with van der Waals surface area (Å²) in [7, 11) is 0. The van der Waals surface area contributed by atoms with Gasteiger partial charge in [-0.05, 0) is 73.2 Å². The van der Waals surface area contributed by atoms with E-state index in [2.05, 4.69) is 13.2 Å². The molecule has 0 amide bonds. The number of carbonyl (C=O) groups is 2. The van der Waals surface area contributed by atoms with Gasteiger partial charge in [-0.1, -0.05) is 69.5 Å². The molecule has 43 heavy (non-hydrogen) atoms. The van der Waals surface area contributed by atoms with Gasteiger partial charge in [-0.25, -0.2) is 27.2 Å². The van der Waals surface area contributed by atoms with E-state index in [0.717, 1.165) is 81.0 Å². The normalized spacial score (nSPS) is 11.2. The van der Waals surface area contributed by atoms with E-state index in [4.69, 9.17) is 9.47 Å². The molecule has 3 aromatic rings. The van der Waals surface area contributed by atoms with E-state index >= 15 is 0 Å². The second-order valence-electron chi connectivity index (χ2n) is 10.1. The predicted molar refractivity (Wildman–Crippen MR) is 158 cm³/mol. The third-order valence-corrected chi connectivity index (χ3v) is 6.68. The van der Waals surface area contributed by atoms with Crippen molar-refractivity contribution >= 4 is 11.9 Å². The lowest BCUT2D eigenvalue weighted by Crippen LogP contribution is -2.08. The second kappa shape index (κ2) is 16.9. The molecular weight excluding hydrogens is 560 g/mol. The molecular formula is C35H34F4O4. The molecule has 226 valence electrons. The smallest absolute Gasteiger partial charge is 0.343 e. The highest BCUT2D eigenvalue weighted by Gasteiger charge is 2.12. The van der Waals surface area contributed by atoms with Crippen molar-refractivity contribution in [2.45, 2.75) is 57.8 Å². The minimum Gasteiger partial charge on any atom is -0.423 e. The van der Waals surface area contributed by atoms with Crippen molar-refractivity contribution in [2.75, 3.05) is 0 Å². The number of aryl methyl sites for hydroxylation is 2. The van der Waals surface area contributed by atoms with Crippen LogP contribution in [0.5, 0.6) is 5.75 Å². The van der Waals surface area contributed by atoms with Crippen LogP contribution in [-0.2, 0) is 17.6 Å². The predicted octanol–water partition coefficient (Wildman–Crippen LogP) is 9.71. The van der Waals surface area contributed by atoms with Crippen molar-refractivity contribution in [1.29, 1.82) is 0 Å². The van der Waals surface area contributed by atoms with E-state index < -0.39 is 35.2 Å². The largest absolute Gasteiger partial charge is 0.423 e. The molecule has 0 spiro atoms. The standard InChI is InChI=1S/C35H34F4O4/c1-24(22-32(38)25(2)36)42-34(40)28-16-12-26(13-17-28)10-8-6-4-3-5-7-9-11-27-14-18-29(19-15-27)35(41)43-30-20-21-31(37)33(39)23-30/h12-23H,1-11H2/b32-22+. The number of rotatable bonds is 16. The van der Waals surface area contributed by atoms with Crippen molar-refractivity contribution in [1.82, 2.24) is 0 Å². The third-order valence-electron chi connectivity index (χ3n) is 6.68. The first kappa shape index (κ1) is 33.0. The maximum Gasteiger partial charge on any atom is 0.343 e. The molecule has 8 heteroatoms. The first-order valence-corrected chi connectivity index (χ1v) is 14.1. The first-order valence-electron chi connectivity index (χ1n) is 14.1. The monoisotopic (exact) mass is 594 g/mol. The van der Waals surface area contributed by atoms with Crippen molar-refractivity contribution in [3.05, 3.63) is 137 Å². The number of carbonyl (C=O) groups excluding carboxylic acids is 2. The van der Waals surface area contributed by atoms with E-state index in [1.807, 2.05) is 24.3 Å². The van der Waals surface area contributed by atoms with Crippen LogP contribution in [0.4, 0.5) is 17.6 Å². The Kier molecular flexibility index (Phi) is 12.9. The van der Waals surface area contributed by atoms with E-state index in [9.17, 15) is 27.2 Å². The zero-order valence-electron chi connectivity index (χ0n) is 23.9. The zero-order chi connectivity index (χ0) is 31.2. The molecule has 0 saturated heterocycles. The topological polar surface area (TPSA) is 52.6 Å². The van der Waals surface area contributed by atoms with E-state index in [-0.39, 0.29) is 17.1 Å².